The highest BCUT2D eigenvalue weighted by atomic mass is 16.5. The maximum atomic E-state index is 11.8. The molecule has 3 rings (SSSR count). The number of hydrogen-bond donors (Lipinski definition) is 2. The molecule has 1 fully saturated rings. The van der Waals surface area contributed by atoms with Crippen molar-refractivity contribution in [2.24, 2.45) is 0 Å². The second-order valence-electron chi connectivity index (χ2n) is 6.41. The van der Waals surface area contributed by atoms with Crippen molar-refractivity contribution in [2.45, 2.75) is 19.4 Å². The SMILES string of the molecule is O=C(NCCCN1CCOCC1)NCCCn1ccc2ccccc21. The third-order valence-electron chi connectivity index (χ3n) is 4.58. The molecule has 1 aromatic heterocycles. The average Bonchev–Trinajstić information content (AvgIpc) is 3.06. The molecule has 1 saturated heterocycles. The largest absolute Gasteiger partial charge is 0.379 e. The Hall–Kier alpha value is -2.05. The van der Waals surface area contributed by atoms with Crippen molar-refractivity contribution in [3.05, 3.63) is 36.5 Å². The van der Waals surface area contributed by atoms with E-state index in [9.17, 15) is 4.79 Å². The molecule has 1 aromatic carbocycles. The van der Waals surface area contributed by atoms with Gasteiger partial charge in [-0.1, -0.05) is 18.2 Å². The molecule has 0 unspecified atom stereocenters. The van der Waals surface area contributed by atoms with E-state index in [2.05, 4.69) is 56.6 Å². The molecule has 25 heavy (non-hydrogen) atoms. The Morgan fingerprint density at radius 3 is 2.52 bits per heavy atom. The molecule has 0 saturated carbocycles. The molecule has 1 aliphatic rings. The Bertz CT molecular complexity index is 664. The molecule has 0 bridgehead atoms. The van der Waals surface area contributed by atoms with E-state index < -0.39 is 0 Å². The van der Waals surface area contributed by atoms with E-state index in [0.717, 1.165) is 52.2 Å². The van der Waals surface area contributed by atoms with Crippen molar-refractivity contribution in [1.29, 1.82) is 0 Å². The fraction of sp³-hybridized carbons (Fsp3) is 0.526. The van der Waals surface area contributed by atoms with Crippen LogP contribution in [0.5, 0.6) is 0 Å². The highest BCUT2D eigenvalue weighted by Crippen LogP contribution is 2.15. The molecule has 2 amide bonds. The normalized spacial score (nSPS) is 15.4. The van der Waals surface area contributed by atoms with E-state index in [-0.39, 0.29) is 6.03 Å². The van der Waals surface area contributed by atoms with Crippen LogP contribution >= 0.6 is 0 Å². The Kier molecular flexibility index (Phi) is 6.71. The second kappa shape index (κ2) is 9.44. The number of urea groups is 1. The van der Waals surface area contributed by atoms with Gasteiger partial charge < -0.3 is 19.9 Å². The van der Waals surface area contributed by atoms with E-state index in [1.807, 2.05) is 0 Å². The van der Waals surface area contributed by atoms with Gasteiger partial charge in [0.05, 0.1) is 13.2 Å². The van der Waals surface area contributed by atoms with Crippen LogP contribution in [0.3, 0.4) is 0 Å². The first-order chi connectivity index (χ1) is 12.3. The Morgan fingerprint density at radius 1 is 1.00 bits per heavy atom. The van der Waals surface area contributed by atoms with Crippen LogP contribution in [0.15, 0.2) is 36.5 Å². The van der Waals surface area contributed by atoms with Gasteiger partial charge >= 0.3 is 6.03 Å². The van der Waals surface area contributed by atoms with Gasteiger partial charge in [-0.05, 0) is 36.9 Å². The molecule has 6 nitrogen and oxygen atoms in total. The number of aryl methyl sites for hydroxylation is 1. The number of carbonyl (C=O) groups excluding carboxylic acids is 1. The molecule has 2 aromatic rings. The lowest BCUT2D eigenvalue weighted by Gasteiger charge is -2.26. The maximum absolute atomic E-state index is 11.8. The summed E-state index contributed by atoms with van der Waals surface area (Å²) in [5.74, 6) is 0. The zero-order chi connectivity index (χ0) is 17.3. The average molecular weight is 344 g/mol. The predicted octanol–water partition coefficient (Wildman–Crippen LogP) is 2.05. The number of amides is 2. The molecule has 0 spiro atoms. The van der Waals surface area contributed by atoms with Crippen molar-refractivity contribution in [3.8, 4) is 0 Å². The molecule has 0 aliphatic carbocycles. The van der Waals surface area contributed by atoms with Crippen LogP contribution < -0.4 is 10.6 Å². The Morgan fingerprint density at radius 2 is 1.72 bits per heavy atom. The number of hydrogen-bond acceptors (Lipinski definition) is 3. The van der Waals surface area contributed by atoms with E-state index in [4.69, 9.17) is 4.74 Å². The smallest absolute Gasteiger partial charge is 0.314 e. The predicted molar refractivity (Wildman–Crippen MR) is 99.8 cm³/mol. The van der Waals surface area contributed by atoms with Gasteiger partial charge in [-0.3, -0.25) is 4.90 Å². The first kappa shape index (κ1) is 17.8. The number of fused-ring (bicyclic) bond motifs is 1. The van der Waals surface area contributed by atoms with Crippen molar-refractivity contribution in [1.82, 2.24) is 20.1 Å². The number of ether oxygens (including phenoxy) is 1. The van der Waals surface area contributed by atoms with Crippen molar-refractivity contribution < 1.29 is 9.53 Å². The zero-order valence-corrected chi connectivity index (χ0v) is 14.7. The molecule has 0 atom stereocenters. The monoisotopic (exact) mass is 344 g/mol. The standard InChI is InChI=1S/C19H28N4O2/c24-19(20-8-3-10-22-13-15-25-16-14-22)21-9-4-11-23-12-7-17-5-1-2-6-18(17)23/h1-2,5-7,12H,3-4,8-11,13-16H2,(H2,20,21,24). The van der Waals surface area contributed by atoms with Gasteiger partial charge in [0.2, 0.25) is 0 Å². The summed E-state index contributed by atoms with van der Waals surface area (Å²) in [6, 6.07) is 10.4. The minimum Gasteiger partial charge on any atom is -0.379 e. The summed E-state index contributed by atoms with van der Waals surface area (Å²) >= 11 is 0. The van der Waals surface area contributed by atoms with E-state index in [0.29, 0.717) is 13.1 Å². The van der Waals surface area contributed by atoms with Crippen molar-refractivity contribution >= 4 is 16.9 Å². The van der Waals surface area contributed by atoms with Crippen LogP contribution in [-0.2, 0) is 11.3 Å². The van der Waals surface area contributed by atoms with Crippen LogP contribution in [0.1, 0.15) is 12.8 Å². The number of morpholine rings is 1. The molecule has 0 radical (unpaired) electrons. The second-order valence-corrected chi connectivity index (χ2v) is 6.41. The zero-order valence-electron chi connectivity index (χ0n) is 14.7. The van der Waals surface area contributed by atoms with Gasteiger partial charge in [-0.2, -0.15) is 0 Å². The fourth-order valence-electron chi connectivity index (χ4n) is 3.18. The number of para-hydroxylation sites is 1. The van der Waals surface area contributed by atoms with E-state index in [1.54, 1.807) is 0 Å². The fourth-order valence-corrected chi connectivity index (χ4v) is 3.18. The van der Waals surface area contributed by atoms with Gasteiger partial charge in [0, 0.05) is 44.4 Å². The van der Waals surface area contributed by atoms with Crippen LogP contribution in [0.4, 0.5) is 4.79 Å². The minimum atomic E-state index is -0.0701. The van der Waals surface area contributed by atoms with Gasteiger partial charge in [0.15, 0.2) is 0 Å². The number of rotatable bonds is 8. The lowest BCUT2D eigenvalue weighted by atomic mass is 10.2. The first-order valence-electron chi connectivity index (χ1n) is 9.18. The van der Waals surface area contributed by atoms with Gasteiger partial charge in [-0.15, -0.1) is 0 Å². The molecule has 136 valence electrons. The number of nitrogens with one attached hydrogen (secondary N) is 2. The maximum Gasteiger partial charge on any atom is 0.314 e. The summed E-state index contributed by atoms with van der Waals surface area (Å²) in [4.78, 5) is 14.2. The number of carbonyl (C=O) groups is 1. The highest BCUT2D eigenvalue weighted by molar-refractivity contribution is 5.79. The van der Waals surface area contributed by atoms with Crippen LogP contribution in [0.2, 0.25) is 0 Å². The number of nitrogens with zero attached hydrogens (tertiary/aromatic N) is 2. The molecule has 2 heterocycles. The lowest BCUT2D eigenvalue weighted by molar-refractivity contribution is 0.0375. The first-order valence-corrected chi connectivity index (χ1v) is 9.18. The summed E-state index contributed by atoms with van der Waals surface area (Å²) in [5.41, 5.74) is 1.25. The molecule has 6 heteroatoms. The number of aromatic nitrogens is 1. The molecular formula is C19H28N4O2. The topological polar surface area (TPSA) is 58.5 Å². The van der Waals surface area contributed by atoms with Crippen LogP contribution in [-0.4, -0.2) is 61.4 Å². The summed E-state index contributed by atoms with van der Waals surface area (Å²) < 4.78 is 7.56. The van der Waals surface area contributed by atoms with Crippen molar-refractivity contribution in [2.75, 3.05) is 45.9 Å². The van der Waals surface area contributed by atoms with Crippen LogP contribution in [0, 0.1) is 0 Å². The summed E-state index contributed by atoms with van der Waals surface area (Å²) in [6.45, 7) is 6.97. The molecule has 2 N–H and O–H groups in total. The summed E-state index contributed by atoms with van der Waals surface area (Å²) in [6.07, 6.45) is 4.00. The number of benzene rings is 1. The lowest BCUT2D eigenvalue weighted by Crippen LogP contribution is -2.40. The van der Waals surface area contributed by atoms with Crippen LogP contribution in [0.25, 0.3) is 10.9 Å². The quantitative estimate of drug-likeness (QED) is 0.721. The van der Waals surface area contributed by atoms with Gasteiger partial charge in [0.25, 0.3) is 0 Å². The Labute approximate surface area is 149 Å². The highest BCUT2D eigenvalue weighted by Gasteiger charge is 2.09. The summed E-state index contributed by atoms with van der Waals surface area (Å²) in [5, 5.41) is 7.12. The van der Waals surface area contributed by atoms with E-state index in [1.165, 1.54) is 10.9 Å². The third-order valence-corrected chi connectivity index (χ3v) is 4.58. The van der Waals surface area contributed by atoms with E-state index >= 15 is 0 Å². The van der Waals surface area contributed by atoms with Gasteiger partial charge in [-0.25, -0.2) is 4.79 Å². The summed E-state index contributed by atoms with van der Waals surface area (Å²) in [7, 11) is 0. The van der Waals surface area contributed by atoms with Gasteiger partial charge in [0.1, 0.15) is 0 Å². The third kappa shape index (κ3) is 5.47. The molecule has 1 aliphatic heterocycles. The minimum absolute atomic E-state index is 0.0701. The molecular weight excluding hydrogens is 316 g/mol. The Balaban J connectivity index is 1.25. The van der Waals surface area contributed by atoms with Crippen molar-refractivity contribution in [3.63, 3.8) is 0 Å².